The van der Waals surface area contributed by atoms with Crippen molar-refractivity contribution in [1.82, 2.24) is 4.90 Å². The summed E-state index contributed by atoms with van der Waals surface area (Å²) in [4.78, 5) is 13.5. The van der Waals surface area contributed by atoms with Gasteiger partial charge >= 0.3 is 5.97 Å². The topological polar surface area (TPSA) is 79.2 Å². The van der Waals surface area contributed by atoms with Crippen molar-refractivity contribution in [2.75, 3.05) is 7.05 Å². The molecule has 2 fully saturated rings. The zero-order valence-electron chi connectivity index (χ0n) is 24.7. The van der Waals surface area contributed by atoms with E-state index in [4.69, 9.17) is 9.47 Å². The second-order valence-electron chi connectivity index (χ2n) is 12.1. The van der Waals surface area contributed by atoms with E-state index in [-0.39, 0.29) is 30.7 Å². The summed E-state index contributed by atoms with van der Waals surface area (Å²) >= 11 is 0. The molecule has 6 nitrogen and oxygen atoms in total. The Morgan fingerprint density at radius 3 is 2.50 bits per heavy atom. The average molecular weight is 530 g/mol. The molecule has 3 aliphatic rings. The Hall–Kier alpha value is -1.73. The van der Waals surface area contributed by atoms with Gasteiger partial charge in [0.05, 0.1) is 30.8 Å². The van der Waals surface area contributed by atoms with Crippen LogP contribution in [0.4, 0.5) is 0 Å². The highest BCUT2D eigenvalue weighted by Gasteiger charge is 2.44. The summed E-state index contributed by atoms with van der Waals surface area (Å²) < 4.78 is 12.4. The van der Waals surface area contributed by atoms with Crippen molar-refractivity contribution in [2.45, 2.75) is 117 Å². The van der Waals surface area contributed by atoms with Crippen molar-refractivity contribution in [3.8, 4) is 0 Å². The highest BCUT2D eigenvalue weighted by Crippen LogP contribution is 2.48. The maximum atomic E-state index is 11.4. The first-order valence-corrected chi connectivity index (χ1v) is 14.6. The van der Waals surface area contributed by atoms with E-state index in [0.717, 1.165) is 12.8 Å². The molecule has 0 aromatic rings. The number of hydrogen-bond acceptors (Lipinski definition) is 5. The van der Waals surface area contributed by atoms with E-state index in [2.05, 4.69) is 83.7 Å². The molecule has 6 heteroatoms. The van der Waals surface area contributed by atoms with E-state index in [9.17, 15) is 15.0 Å². The molecule has 2 N–H and O–H groups in total. The molecule has 1 saturated carbocycles. The molecule has 3 rings (SSSR count). The lowest BCUT2D eigenvalue weighted by Crippen LogP contribution is -2.56. The highest BCUT2D eigenvalue weighted by molar-refractivity contribution is 5.67. The van der Waals surface area contributed by atoms with Crippen molar-refractivity contribution >= 4 is 5.97 Å². The maximum Gasteiger partial charge on any atom is 0.305 e. The van der Waals surface area contributed by atoms with Crippen LogP contribution in [0, 0.1) is 23.7 Å². The number of aliphatic carboxylic acids is 1. The summed E-state index contributed by atoms with van der Waals surface area (Å²) in [6, 6.07) is 0.116. The van der Waals surface area contributed by atoms with Crippen LogP contribution in [0.5, 0.6) is 0 Å². The zero-order valence-corrected chi connectivity index (χ0v) is 24.7. The van der Waals surface area contributed by atoms with Crippen LogP contribution >= 0.6 is 0 Å². The molecule has 0 aromatic carbocycles. The fourth-order valence-corrected chi connectivity index (χ4v) is 6.01. The Morgan fingerprint density at radius 2 is 1.87 bits per heavy atom. The molecule has 10 atom stereocenters. The minimum Gasteiger partial charge on any atom is -0.481 e. The third-order valence-corrected chi connectivity index (χ3v) is 8.90. The molecule has 0 radical (unpaired) electrons. The lowest BCUT2D eigenvalue weighted by molar-refractivity contribution is -0.156. The Bertz CT molecular complexity index is 921. The Morgan fingerprint density at radius 1 is 1.18 bits per heavy atom. The van der Waals surface area contributed by atoms with Gasteiger partial charge in [-0.25, -0.2) is 0 Å². The van der Waals surface area contributed by atoms with E-state index in [1.54, 1.807) is 0 Å². The van der Waals surface area contributed by atoms with Gasteiger partial charge in [-0.2, -0.15) is 0 Å². The van der Waals surface area contributed by atoms with Gasteiger partial charge in [-0.1, -0.05) is 57.2 Å². The molecule has 0 spiro atoms. The molecule has 0 amide bonds. The van der Waals surface area contributed by atoms with Crippen molar-refractivity contribution in [3.05, 3.63) is 47.6 Å². The summed E-state index contributed by atoms with van der Waals surface area (Å²) in [6.45, 7) is 15.2. The second-order valence-corrected chi connectivity index (χ2v) is 12.1. The molecular formula is C32H51NO5. The summed E-state index contributed by atoms with van der Waals surface area (Å²) in [5, 5.41) is 20.4. The highest BCUT2D eigenvalue weighted by atomic mass is 16.5. The van der Waals surface area contributed by atoms with Gasteiger partial charge in [0.2, 0.25) is 0 Å². The number of hydrogen-bond donors (Lipinski definition) is 2. The normalized spacial score (nSPS) is 37.3. The molecule has 0 aromatic heterocycles. The van der Waals surface area contributed by atoms with E-state index in [0.29, 0.717) is 30.1 Å². The SMILES string of the molecule is CC[C@H]1O[C@@H](/C(C)=C/[C@H](C)/C=C/[C@H]2[C@@H](C)[C@@H]2/C=C/[C@@H]2O[C@H](CC(=O)O)C[C@H](N(C)C(C)C)[C@H]2O)CC=C1C. The maximum absolute atomic E-state index is 11.4. The minimum atomic E-state index is -0.869. The quantitative estimate of drug-likeness (QED) is 0.330. The van der Waals surface area contributed by atoms with Gasteiger partial charge in [0.1, 0.15) is 6.10 Å². The zero-order chi connectivity index (χ0) is 28.1. The summed E-state index contributed by atoms with van der Waals surface area (Å²) in [5.41, 5.74) is 2.64. The number of carbonyl (C=O) groups is 1. The number of likely N-dealkylation sites (N-methyl/N-ethyl adjacent to an activating group) is 1. The van der Waals surface area contributed by atoms with E-state index in [1.807, 2.05) is 13.1 Å². The predicted molar refractivity (Wildman–Crippen MR) is 153 cm³/mol. The predicted octanol–water partition coefficient (Wildman–Crippen LogP) is 5.78. The number of allylic oxidation sites excluding steroid dienone is 4. The molecule has 2 aliphatic heterocycles. The van der Waals surface area contributed by atoms with E-state index in [1.165, 1.54) is 11.1 Å². The van der Waals surface area contributed by atoms with Crippen LogP contribution in [0.3, 0.4) is 0 Å². The van der Waals surface area contributed by atoms with Crippen LogP contribution in [0.25, 0.3) is 0 Å². The number of aliphatic hydroxyl groups is 1. The molecule has 0 bridgehead atoms. The molecule has 2 heterocycles. The number of rotatable bonds is 11. The van der Waals surface area contributed by atoms with Gasteiger partial charge in [-0.05, 0) is 88.8 Å². The Kier molecular flexibility index (Phi) is 11.0. The van der Waals surface area contributed by atoms with E-state index < -0.39 is 24.3 Å². The van der Waals surface area contributed by atoms with Gasteiger partial charge in [0, 0.05) is 12.1 Å². The van der Waals surface area contributed by atoms with Crippen molar-refractivity contribution in [1.29, 1.82) is 0 Å². The van der Waals surface area contributed by atoms with E-state index >= 15 is 0 Å². The Balaban J connectivity index is 1.59. The van der Waals surface area contributed by atoms with Crippen molar-refractivity contribution in [2.24, 2.45) is 23.7 Å². The molecule has 38 heavy (non-hydrogen) atoms. The lowest BCUT2D eigenvalue weighted by Gasteiger charge is -2.43. The number of aliphatic hydroxyl groups excluding tert-OH is 1. The van der Waals surface area contributed by atoms with Crippen LogP contribution < -0.4 is 0 Å². The standard InChI is InChI=1S/C32H51NO5/c1-9-28-21(5)11-14-29(38-28)22(6)16-20(4)10-12-25-23(7)26(25)13-15-30-32(36)27(33(8)19(2)3)17-24(37-30)18-31(34)35/h10-13,15-16,19-20,23-30,32,36H,9,14,17-18H2,1-8H3,(H,34,35)/b12-10+,15-13+,22-16+/t20-,23-,24+,25+,26+,27+,28-,29-,30+,32-/m1/s1. The van der Waals surface area contributed by atoms with Gasteiger partial charge in [-0.15, -0.1) is 0 Å². The molecule has 1 saturated heterocycles. The molecular weight excluding hydrogens is 478 g/mol. The smallest absolute Gasteiger partial charge is 0.305 e. The molecule has 214 valence electrons. The molecule has 0 unspecified atom stereocenters. The third kappa shape index (κ3) is 7.91. The first-order valence-electron chi connectivity index (χ1n) is 14.6. The number of carboxylic acid groups (broad SMARTS) is 1. The third-order valence-electron chi connectivity index (χ3n) is 8.90. The van der Waals surface area contributed by atoms with Crippen molar-refractivity contribution in [3.63, 3.8) is 0 Å². The van der Waals surface area contributed by atoms with Crippen LogP contribution in [0.2, 0.25) is 0 Å². The Labute approximate surface area is 230 Å². The largest absolute Gasteiger partial charge is 0.481 e. The van der Waals surface area contributed by atoms with Crippen LogP contribution in [0.1, 0.15) is 74.1 Å². The summed E-state index contributed by atoms with van der Waals surface area (Å²) in [6.07, 6.45) is 14.6. The monoisotopic (exact) mass is 529 g/mol. The van der Waals surface area contributed by atoms with Gasteiger partial charge in [-0.3, -0.25) is 9.69 Å². The second kappa shape index (κ2) is 13.6. The fourth-order valence-electron chi connectivity index (χ4n) is 6.01. The summed E-state index contributed by atoms with van der Waals surface area (Å²) in [5.74, 6) is 0.861. The van der Waals surface area contributed by atoms with Crippen molar-refractivity contribution < 1.29 is 24.5 Å². The van der Waals surface area contributed by atoms with Crippen LogP contribution in [-0.2, 0) is 14.3 Å². The molecule has 1 aliphatic carbocycles. The lowest BCUT2D eigenvalue weighted by atomic mass is 9.91. The van der Waals surface area contributed by atoms with Gasteiger partial charge in [0.15, 0.2) is 0 Å². The van der Waals surface area contributed by atoms with Gasteiger partial charge < -0.3 is 19.7 Å². The first kappa shape index (κ1) is 30.8. The first-order chi connectivity index (χ1) is 17.9. The fraction of sp³-hybridized carbons (Fsp3) is 0.719. The number of carboxylic acids is 1. The average Bonchev–Trinajstić information content (AvgIpc) is 3.49. The van der Waals surface area contributed by atoms with Crippen LogP contribution in [-0.4, -0.2) is 70.7 Å². The minimum absolute atomic E-state index is 0.0452. The summed E-state index contributed by atoms with van der Waals surface area (Å²) in [7, 11) is 1.99. The number of nitrogens with zero attached hydrogens (tertiary/aromatic N) is 1. The van der Waals surface area contributed by atoms with Crippen LogP contribution in [0.15, 0.2) is 47.6 Å². The van der Waals surface area contributed by atoms with Gasteiger partial charge in [0.25, 0.3) is 0 Å². The number of ether oxygens (including phenoxy) is 2.